The van der Waals surface area contributed by atoms with E-state index in [9.17, 15) is 9.59 Å². The number of benzene rings is 2. The fourth-order valence-corrected chi connectivity index (χ4v) is 3.14. The molecule has 4 rings (SSSR count). The van der Waals surface area contributed by atoms with Crippen molar-refractivity contribution in [2.24, 2.45) is 0 Å². The van der Waals surface area contributed by atoms with Crippen molar-refractivity contribution < 1.29 is 9.59 Å². The minimum Gasteiger partial charge on any atom is -0.324 e. The summed E-state index contributed by atoms with van der Waals surface area (Å²) >= 11 is 0. The van der Waals surface area contributed by atoms with Crippen LogP contribution in [0.15, 0.2) is 79.3 Å². The number of nitrogens with zero attached hydrogens (tertiary/aromatic N) is 3. The normalized spacial score (nSPS) is 10.3. The van der Waals surface area contributed by atoms with E-state index >= 15 is 0 Å². The molecule has 0 spiro atoms. The predicted molar refractivity (Wildman–Crippen MR) is 132 cm³/mol. The van der Waals surface area contributed by atoms with E-state index in [0.29, 0.717) is 29.1 Å². The van der Waals surface area contributed by atoms with E-state index in [1.807, 2.05) is 43.3 Å². The lowest BCUT2D eigenvalue weighted by Crippen LogP contribution is -2.14. The molecule has 4 aromatic rings. The third kappa shape index (κ3) is 5.46. The first kappa shape index (κ1) is 22.3. The first-order valence-corrected chi connectivity index (χ1v) is 10.4. The van der Waals surface area contributed by atoms with Crippen LogP contribution >= 0.6 is 0 Å². The Labute approximate surface area is 195 Å². The summed E-state index contributed by atoms with van der Waals surface area (Å²) in [6, 6.07) is 17.5. The van der Waals surface area contributed by atoms with Crippen molar-refractivity contribution in [3.63, 3.8) is 0 Å². The molecule has 2 aromatic heterocycles. The van der Waals surface area contributed by atoms with Crippen LogP contribution in [-0.4, -0.2) is 33.0 Å². The smallest absolute Gasteiger partial charge is 0.266 e. The molecule has 2 aromatic carbocycles. The van der Waals surface area contributed by atoms with Crippen molar-refractivity contribution in [1.29, 1.82) is 5.41 Å². The second-order valence-corrected chi connectivity index (χ2v) is 7.33. The van der Waals surface area contributed by atoms with Crippen molar-refractivity contribution in [1.82, 2.24) is 15.0 Å². The minimum absolute atomic E-state index is 0.297. The quantitative estimate of drug-likeness (QED) is 0.307. The molecule has 0 saturated carbocycles. The lowest BCUT2D eigenvalue weighted by molar-refractivity contribution is -0.110. The largest absolute Gasteiger partial charge is 0.324 e. The molecule has 0 bridgehead atoms. The second kappa shape index (κ2) is 10.1. The maximum Gasteiger partial charge on any atom is 0.266 e. The van der Waals surface area contributed by atoms with Gasteiger partial charge in [-0.15, -0.1) is 0 Å². The molecule has 0 unspecified atom stereocenters. The van der Waals surface area contributed by atoms with Gasteiger partial charge < -0.3 is 21.4 Å². The van der Waals surface area contributed by atoms with Gasteiger partial charge in [-0.05, 0) is 67.1 Å². The fourth-order valence-electron chi connectivity index (χ4n) is 3.14. The van der Waals surface area contributed by atoms with Gasteiger partial charge in [0.15, 0.2) is 0 Å². The van der Waals surface area contributed by atoms with Gasteiger partial charge in [-0.25, -0.2) is 9.97 Å². The summed E-state index contributed by atoms with van der Waals surface area (Å²) in [5, 5.41) is 15.5. The van der Waals surface area contributed by atoms with Crippen LogP contribution in [0.3, 0.4) is 0 Å². The van der Waals surface area contributed by atoms with Gasteiger partial charge >= 0.3 is 0 Å². The highest BCUT2D eigenvalue weighted by Crippen LogP contribution is 2.24. The molecule has 0 aliphatic heterocycles. The Bertz CT molecular complexity index is 1340. The molecule has 9 nitrogen and oxygen atoms in total. The van der Waals surface area contributed by atoms with Crippen LogP contribution in [0.25, 0.3) is 11.3 Å². The van der Waals surface area contributed by atoms with Gasteiger partial charge in [0.1, 0.15) is 0 Å². The zero-order chi connectivity index (χ0) is 23.9. The third-order valence-electron chi connectivity index (χ3n) is 4.90. The van der Waals surface area contributed by atoms with Crippen LogP contribution in [0.1, 0.15) is 15.9 Å². The van der Waals surface area contributed by atoms with Gasteiger partial charge in [-0.3, -0.25) is 14.6 Å². The molecule has 0 aliphatic rings. The van der Waals surface area contributed by atoms with Crippen LogP contribution in [0.5, 0.6) is 0 Å². The third-order valence-corrected chi connectivity index (χ3v) is 4.90. The summed E-state index contributed by atoms with van der Waals surface area (Å²) in [6.45, 7) is 1.94. The molecule has 9 heteroatoms. The zero-order valence-electron chi connectivity index (χ0n) is 18.2. The number of hydrogen-bond acceptors (Lipinski definition) is 7. The van der Waals surface area contributed by atoms with Gasteiger partial charge in [0.2, 0.25) is 5.95 Å². The fraction of sp³-hybridized carbons (Fsp3) is 0.0400. The monoisotopic (exact) mass is 451 g/mol. The van der Waals surface area contributed by atoms with Crippen LogP contribution in [0.4, 0.5) is 23.0 Å². The topological polar surface area (TPSA) is 133 Å². The first-order chi connectivity index (χ1) is 16.5. The van der Waals surface area contributed by atoms with Gasteiger partial charge in [-0.2, -0.15) is 0 Å². The summed E-state index contributed by atoms with van der Waals surface area (Å²) in [7, 11) is 0. The van der Waals surface area contributed by atoms with Crippen molar-refractivity contribution in [2.75, 3.05) is 16.0 Å². The second-order valence-electron chi connectivity index (χ2n) is 7.33. The van der Waals surface area contributed by atoms with E-state index in [4.69, 9.17) is 5.41 Å². The molecule has 34 heavy (non-hydrogen) atoms. The molecular weight excluding hydrogens is 430 g/mol. The van der Waals surface area contributed by atoms with Crippen LogP contribution in [-0.2, 0) is 4.79 Å². The molecule has 0 radical (unpaired) electrons. The van der Waals surface area contributed by atoms with Crippen LogP contribution in [0, 0.1) is 12.3 Å². The summed E-state index contributed by atoms with van der Waals surface area (Å²) in [5.74, 6) is -0.406. The van der Waals surface area contributed by atoms with Gasteiger partial charge in [0, 0.05) is 46.8 Å². The number of carbonyl (C=O) groups is 2. The molecule has 0 fully saturated rings. The van der Waals surface area contributed by atoms with Crippen molar-refractivity contribution in [2.45, 2.75) is 6.92 Å². The number of aryl methyl sites for hydroxylation is 1. The number of nitrogens with one attached hydrogen (secondary N) is 4. The molecule has 4 N–H and O–H groups in total. The van der Waals surface area contributed by atoms with Crippen LogP contribution < -0.4 is 16.0 Å². The highest BCUT2D eigenvalue weighted by molar-refractivity contribution is 6.30. The van der Waals surface area contributed by atoms with Crippen molar-refractivity contribution >= 4 is 41.0 Å². The van der Waals surface area contributed by atoms with E-state index in [-0.39, 0.29) is 5.91 Å². The molecule has 2 amide bonds. The number of aromatic nitrogens is 3. The van der Waals surface area contributed by atoms with Gasteiger partial charge in [0.25, 0.3) is 11.8 Å². The Kier molecular flexibility index (Phi) is 6.64. The Morgan fingerprint density at radius 3 is 2.47 bits per heavy atom. The zero-order valence-corrected chi connectivity index (χ0v) is 18.2. The summed E-state index contributed by atoms with van der Waals surface area (Å²) in [4.78, 5) is 36.9. The minimum atomic E-state index is -0.535. The number of pyridine rings is 1. The lowest BCUT2D eigenvalue weighted by Gasteiger charge is -2.12. The average molecular weight is 451 g/mol. The standard InChI is InChI=1S/C25H21N7O2/c1-16-4-7-20(30-24(34)17-5-8-19(9-6-17)29-23(33)14-26)13-22(16)32-25-28-12-10-21(31-25)18-3-2-11-27-15-18/h2-15,26H,1H3,(H,29,33)(H,30,34)(H,28,31,32). The highest BCUT2D eigenvalue weighted by Gasteiger charge is 2.10. The van der Waals surface area contributed by atoms with Crippen molar-refractivity contribution in [3.8, 4) is 11.3 Å². The number of rotatable bonds is 7. The number of carbonyl (C=O) groups excluding carboxylic acids is 2. The number of hydrogen-bond donors (Lipinski definition) is 4. The maximum absolute atomic E-state index is 12.7. The maximum atomic E-state index is 12.7. The Morgan fingerprint density at radius 2 is 1.74 bits per heavy atom. The Morgan fingerprint density at radius 1 is 0.941 bits per heavy atom. The molecule has 168 valence electrons. The SMILES string of the molecule is Cc1ccc(NC(=O)c2ccc(NC(=O)C=N)cc2)cc1Nc1nccc(-c2cccnc2)n1. The molecule has 0 atom stereocenters. The first-order valence-electron chi connectivity index (χ1n) is 10.4. The van der Waals surface area contributed by atoms with Crippen LogP contribution in [0.2, 0.25) is 0 Å². The molecule has 0 saturated heterocycles. The lowest BCUT2D eigenvalue weighted by atomic mass is 10.1. The summed E-state index contributed by atoms with van der Waals surface area (Å²) < 4.78 is 0. The Hall–Kier alpha value is -4.92. The highest BCUT2D eigenvalue weighted by atomic mass is 16.2. The molecule has 0 aliphatic carbocycles. The van der Waals surface area contributed by atoms with E-state index in [1.165, 1.54) is 0 Å². The molecule has 2 heterocycles. The number of amides is 2. The van der Waals surface area contributed by atoms with E-state index < -0.39 is 5.91 Å². The summed E-state index contributed by atoms with van der Waals surface area (Å²) in [5.41, 5.74) is 4.87. The van der Waals surface area contributed by atoms with E-state index in [0.717, 1.165) is 22.5 Å². The molecular formula is C25H21N7O2. The van der Waals surface area contributed by atoms with Gasteiger partial charge in [0.05, 0.1) is 11.9 Å². The van der Waals surface area contributed by atoms with Gasteiger partial charge in [-0.1, -0.05) is 6.07 Å². The summed E-state index contributed by atoms with van der Waals surface area (Å²) in [6.07, 6.45) is 5.80. The average Bonchev–Trinajstić information content (AvgIpc) is 2.87. The van der Waals surface area contributed by atoms with E-state index in [1.54, 1.807) is 42.9 Å². The predicted octanol–water partition coefficient (Wildman–Crippen LogP) is 4.43. The number of anilines is 4. The van der Waals surface area contributed by atoms with E-state index in [2.05, 4.69) is 30.9 Å². The Balaban J connectivity index is 1.48. The van der Waals surface area contributed by atoms with Crippen molar-refractivity contribution in [3.05, 3.63) is 90.4 Å².